The Morgan fingerprint density at radius 1 is 0.477 bits per heavy atom. The number of hydrogen-bond acceptors (Lipinski definition) is 2. The van der Waals surface area contributed by atoms with E-state index in [1.54, 1.807) is 0 Å². The van der Waals surface area contributed by atoms with Gasteiger partial charge in [0.2, 0.25) is 0 Å². The van der Waals surface area contributed by atoms with Crippen LogP contribution >= 0.6 is 0 Å². The molecule has 0 bridgehead atoms. The lowest BCUT2D eigenvalue weighted by Crippen LogP contribution is -2.43. The zero-order valence-corrected chi connectivity index (χ0v) is 26.1. The fraction of sp³-hybridized carbons (Fsp3) is 0.143. The number of benzene rings is 5. The summed E-state index contributed by atoms with van der Waals surface area (Å²) in [5.41, 5.74) is 11.6. The lowest BCUT2D eigenvalue weighted by Gasteiger charge is -2.42. The molecule has 1 aliphatic rings. The molecule has 6 rings (SSSR count). The highest BCUT2D eigenvalue weighted by atomic mass is 15.2. The normalized spacial score (nSPS) is 15.9. The summed E-state index contributed by atoms with van der Waals surface area (Å²) in [5.74, 6) is 0. The van der Waals surface area contributed by atoms with Crippen molar-refractivity contribution in [3.8, 4) is 0 Å². The molecule has 2 nitrogen and oxygen atoms in total. The SMILES string of the molecule is Cc1ccc(N(c2ccc(C)cc2)c2ccc(C=CC3(N(c4ccc(C)cc4)c4ccc(C)cc4)C=CC=CC3)cc2)cc1. The van der Waals surface area contributed by atoms with Crippen LogP contribution in [0.2, 0.25) is 0 Å². The second-order valence-electron chi connectivity index (χ2n) is 11.9. The first-order chi connectivity index (χ1) is 21.4. The van der Waals surface area contributed by atoms with Crippen molar-refractivity contribution in [1.29, 1.82) is 0 Å². The Labute approximate surface area is 262 Å². The summed E-state index contributed by atoms with van der Waals surface area (Å²) < 4.78 is 0. The third-order valence-corrected chi connectivity index (χ3v) is 8.38. The van der Waals surface area contributed by atoms with E-state index in [0.29, 0.717) is 0 Å². The molecule has 5 aromatic carbocycles. The van der Waals surface area contributed by atoms with E-state index in [4.69, 9.17) is 0 Å². The van der Waals surface area contributed by atoms with Gasteiger partial charge in [-0.2, -0.15) is 0 Å². The summed E-state index contributed by atoms with van der Waals surface area (Å²) in [4.78, 5) is 4.78. The summed E-state index contributed by atoms with van der Waals surface area (Å²) in [5, 5.41) is 0. The van der Waals surface area contributed by atoms with Gasteiger partial charge in [-0.1, -0.05) is 119 Å². The second kappa shape index (κ2) is 12.7. The molecule has 218 valence electrons. The quantitative estimate of drug-likeness (QED) is 0.182. The van der Waals surface area contributed by atoms with E-state index >= 15 is 0 Å². The molecule has 44 heavy (non-hydrogen) atoms. The third kappa shape index (κ3) is 6.31. The van der Waals surface area contributed by atoms with Crippen LogP contribution in [0, 0.1) is 27.7 Å². The number of hydrogen-bond donors (Lipinski definition) is 0. The minimum Gasteiger partial charge on any atom is -0.328 e. The third-order valence-electron chi connectivity index (χ3n) is 8.38. The summed E-state index contributed by atoms with van der Waals surface area (Å²) in [7, 11) is 0. The van der Waals surface area contributed by atoms with Crippen molar-refractivity contribution >= 4 is 34.5 Å². The van der Waals surface area contributed by atoms with Gasteiger partial charge in [0.15, 0.2) is 0 Å². The van der Waals surface area contributed by atoms with Crippen LogP contribution in [0.5, 0.6) is 0 Å². The van der Waals surface area contributed by atoms with Crippen LogP contribution in [-0.2, 0) is 0 Å². The molecule has 1 aliphatic carbocycles. The van der Waals surface area contributed by atoms with Crippen molar-refractivity contribution in [3.63, 3.8) is 0 Å². The van der Waals surface area contributed by atoms with E-state index in [0.717, 1.165) is 29.0 Å². The molecule has 0 radical (unpaired) electrons. The van der Waals surface area contributed by atoms with E-state index in [1.807, 2.05) is 0 Å². The summed E-state index contributed by atoms with van der Waals surface area (Å²) in [6, 6.07) is 44.1. The number of nitrogens with zero attached hydrogens (tertiary/aromatic N) is 2. The van der Waals surface area contributed by atoms with Crippen LogP contribution in [0.15, 0.2) is 152 Å². The molecule has 0 N–H and O–H groups in total. The van der Waals surface area contributed by atoms with Crippen molar-refractivity contribution in [2.45, 2.75) is 39.7 Å². The van der Waals surface area contributed by atoms with Gasteiger partial charge in [0.25, 0.3) is 0 Å². The number of allylic oxidation sites excluding steroid dienone is 2. The topological polar surface area (TPSA) is 6.48 Å². The standard InChI is InChI=1S/C42H40N2/c1-32-8-18-37(19-9-32)43(38-20-10-33(2)11-21-38)39-26-16-36(17-27-39)28-31-42(29-6-5-7-30-42)44(40-22-12-34(3)13-23-40)41-24-14-35(4)15-25-41/h5-29,31H,30H2,1-4H3. The van der Waals surface area contributed by atoms with E-state index in [1.165, 1.54) is 33.6 Å². The summed E-state index contributed by atoms with van der Waals surface area (Å²) in [6.45, 7) is 8.54. The first-order valence-electron chi connectivity index (χ1n) is 15.4. The first kappa shape index (κ1) is 29.0. The maximum Gasteiger partial charge on any atom is 0.0857 e. The minimum absolute atomic E-state index is 0.353. The molecule has 0 heterocycles. The Morgan fingerprint density at radius 2 is 0.864 bits per heavy atom. The van der Waals surface area contributed by atoms with Gasteiger partial charge in [-0.3, -0.25) is 0 Å². The lowest BCUT2D eigenvalue weighted by molar-refractivity contribution is 0.637. The van der Waals surface area contributed by atoms with Crippen LogP contribution < -0.4 is 9.80 Å². The molecular weight excluding hydrogens is 532 g/mol. The maximum atomic E-state index is 2.47. The van der Waals surface area contributed by atoms with Crippen molar-refractivity contribution < 1.29 is 0 Å². The highest BCUT2D eigenvalue weighted by Gasteiger charge is 2.33. The largest absolute Gasteiger partial charge is 0.328 e. The smallest absolute Gasteiger partial charge is 0.0857 e. The van der Waals surface area contributed by atoms with Gasteiger partial charge in [0.1, 0.15) is 0 Å². The molecule has 0 amide bonds. The van der Waals surface area contributed by atoms with Gasteiger partial charge in [-0.15, -0.1) is 0 Å². The number of rotatable bonds is 8. The minimum atomic E-state index is -0.353. The average Bonchev–Trinajstić information content (AvgIpc) is 3.05. The van der Waals surface area contributed by atoms with Gasteiger partial charge in [-0.25, -0.2) is 0 Å². The maximum absolute atomic E-state index is 2.47. The van der Waals surface area contributed by atoms with Crippen LogP contribution in [0.25, 0.3) is 6.08 Å². The predicted octanol–water partition coefficient (Wildman–Crippen LogP) is 11.5. The molecule has 2 heteroatoms. The number of aryl methyl sites for hydroxylation is 4. The van der Waals surface area contributed by atoms with Gasteiger partial charge in [0, 0.05) is 28.4 Å². The van der Waals surface area contributed by atoms with E-state index in [9.17, 15) is 0 Å². The van der Waals surface area contributed by atoms with Gasteiger partial charge in [-0.05, 0) is 100 Å². The van der Waals surface area contributed by atoms with Crippen LogP contribution in [0.1, 0.15) is 34.2 Å². The zero-order valence-electron chi connectivity index (χ0n) is 26.1. The molecule has 5 aromatic rings. The molecule has 0 aromatic heterocycles. The van der Waals surface area contributed by atoms with Gasteiger partial charge < -0.3 is 9.80 Å². The van der Waals surface area contributed by atoms with Crippen LogP contribution in [-0.4, -0.2) is 5.54 Å². The van der Waals surface area contributed by atoms with Crippen molar-refractivity contribution in [1.82, 2.24) is 0 Å². The van der Waals surface area contributed by atoms with E-state index in [-0.39, 0.29) is 5.54 Å². The highest BCUT2D eigenvalue weighted by molar-refractivity contribution is 5.78. The fourth-order valence-electron chi connectivity index (χ4n) is 5.82. The van der Waals surface area contributed by atoms with Gasteiger partial charge in [0.05, 0.1) is 5.54 Å². The van der Waals surface area contributed by atoms with Crippen molar-refractivity contribution in [2.24, 2.45) is 0 Å². The Balaban J connectivity index is 1.37. The molecule has 1 atom stereocenters. The van der Waals surface area contributed by atoms with Crippen molar-refractivity contribution in [2.75, 3.05) is 9.80 Å². The number of anilines is 5. The average molecular weight is 573 g/mol. The molecule has 0 aliphatic heterocycles. The van der Waals surface area contributed by atoms with Crippen molar-refractivity contribution in [3.05, 3.63) is 180 Å². The Bertz CT molecular complexity index is 1680. The summed E-state index contributed by atoms with van der Waals surface area (Å²) >= 11 is 0. The Morgan fingerprint density at radius 3 is 1.25 bits per heavy atom. The zero-order chi connectivity index (χ0) is 30.5. The summed E-state index contributed by atoms with van der Waals surface area (Å²) in [6.07, 6.45) is 14.4. The van der Waals surface area contributed by atoms with E-state index in [2.05, 4.69) is 195 Å². The predicted molar refractivity (Wildman–Crippen MR) is 190 cm³/mol. The van der Waals surface area contributed by atoms with Crippen LogP contribution in [0.3, 0.4) is 0 Å². The Hall–Kier alpha value is -5.08. The van der Waals surface area contributed by atoms with Gasteiger partial charge >= 0.3 is 0 Å². The lowest BCUT2D eigenvalue weighted by atomic mass is 9.86. The molecule has 1 unspecified atom stereocenters. The molecular formula is C42H40N2. The Kier molecular flexibility index (Phi) is 8.34. The molecule has 0 spiro atoms. The fourth-order valence-corrected chi connectivity index (χ4v) is 5.82. The first-order valence-corrected chi connectivity index (χ1v) is 15.4. The molecule has 0 fully saturated rings. The highest BCUT2D eigenvalue weighted by Crippen LogP contribution is 2.40. The molecule has 0 saturated carbocycles. The van der Waals surface area contributed by atoms with E-state index < -0.39 is 0 Å². The monoisotopic (exact) mass is 572 g/mol. The van der Waals surface area contributed by atoms with Crippen LogP contribution in [0.4, 0.5) is 28.4 Å². The molecule has 0 saturated heterocycles. The second-order valence-corrected chi connectivity index (χ2v) is 11.9.